The highest BCUT2D eigenvalue weighted by molar-refractivity contribution is 5.81. The number of benzene rings is 1. The maximum atomic E-state index is 11.7. The Morgan fingerprint density at radius 2 is 2.06 bits per heavy atom. The molecule has 0 heterocycles. The molecule has 1 amide bonds. The van der Waals surface area contributed by atoms with Gasteiger partial charge < -0.3 is 15.3 Å². The summed E-state index contributed by atoms with van der Waals surface area (Å²) in [5, 5.41) is 12.4. The van der Waals surface area contributed by atoms with Gasteiger partial charge in [0, 0.05) is 18.8 Å². The largest absolute Gasteiger partial charge is 0.389 e. The van der Waals surface area contributed by atoms with E-state index in [4.69, 9.17) is 0 Å². The first kappa shape index (κ1) is 12.9. The van der Waals surface area contributed by atoms with Crippen LogP contribution in [0.4, 0.5) is 5.69 Å². The molecular formula is C14H20N2O2. The molecule has 2 N–H and O–H groups in total. The van der Waals surface area contributed by atoms with Gasteiger partial charge in [0.2, 0.25) is 5.91 Å². The molecule has 18 heavy (non-hydrogen) atoms. The van der Waals surface area contributed by atoms with Crippen LogP contribution in [-0.2, 0) is 4.79 Å². The number of hydrogen-bond donors (Lipinski definition) is 2. The molecule has 4 nitrogen and oxygen atoms in total. The van der Waals surface area contributed by atoms with Crippen molar-refractivity contribution in [1.82, 2.24) is 5.32 Å². The number of carbonyl (C=O) groups excluding carboxylic acids is 1. The number of aliphatic hydroxyl groups excluding tert-OH is 1. The summed E-state index contributed by atoms with van der Waals surface area (Å²) in [7, 11) is 1.89. The molecule has 0 spiro atoms. The molecule has 1 aromatic carbocycles. The lowest BCUT2D eigenvalue weighted by Crippen LogP contribution is -2.36. The first-order chi connectivity index (χ1) is 8.56. The molecule has 4 heteroatoms. The van der Waals surface area contributed by atoms with Gasteiger partial charge in [0.1, 0.15) is 0 Å². The molecule has 98 valence electrons. The second-order valence-electron chi connectivity index (χ2n) is 4.97. The van der Waals surface area contributed by atoms with Crippen LogP contribution in [0.5, 0.6) is 0 Å². The summed E-state index contributed by atoms with van der Waals surface area (Å²) in [4.78, 5) is 13.6. The number of amides is 1. The second kappa shape index (κ2) is 5.40. The van der Waals surface area contributed by atoms with E-state index in [1.165, 1.54) is 0 Å². The zero-order valence-electron chi connectivity index (χ0n) is 10.9. The Kier molecular flexibility index (Phi) is 3.87. The maximum Gasteiger partial charge on any atom is 0.239 e. The third-order valence-electron chi connectivity index (χ3n) is 3.14. The Morgan fingerprint density at radius 1 is 1.44 bits per heavy atom. The number of rotatable bonds is 5. The van der Waals surface area contributed by atoms with Gasteiger partial charge >= 0.3 is 0 Å². The molecule has 1 atom stereocenters. The Morgan fingerprint density at radius 3 is 2.56 bits per heavy atom. The fourth-order valence-corrected chi connectivity index (χ4v) is 1.82. The Hall–Kier alpha value is -1.55. The summed E-state index contributed by atoms with van der Waals surface area (Å²) in [6.45, 7) is 2.10. The van der Waals surface area contributed by atoms with Gasteiger partial charge in [-0.05, 0) is 37.5 Å². The number of hydrogen-bond acceptors (Lipinski definition) is 3. The Balaban J connectivity index is 1.90. The third-order valence-corrected chi connectivity index (χ3v) is 3.14. The fourth-order valence-electron chi connectivity index (χ4n) is 1.82. The summed E-state index contributed by atoms with van der Waals surface area (Å²) < 4.78 is 0. The van der Waals surface area contributed by atoms with Gasteiger partial charge in [-0.1, -0.05) is 12.1 Å². The lowest BCUT2D eigenvalue weighted by Gasteiger charge is -2.19. The van der Waals surface area contributed by atoms with E-state index in [0.29, 0.717) is 12.6 Å². The number of carbonyl (C=O) groups is 1. The van der Waals surface area contributed by atoms with Crippen molar-refractivity contribution >= 4 is 11.6 Å². The topological polar surface area (TPSA) is 52.6 Å². The van der Waals surface area contributed by atoms with Crippen LogP contribution in [0.1, 0.15) is 31.4 Å². The summed E-state index contributed by atoms with van der Waals surface area (Å²) in [6.07, 6.45) is 1.76. The average Bonchev–Trinajstić information content (AvgIpc) is 3.12. The third kappa shape index (κ3) is 3.47. The van der Waals surface area contributed by atoms with E-state index in [1.807, 2.05) is 36.2 Å². The van der Waals surface area contributed by atoms with Crippen molar-refractivity contribution in [3.8, 4) is 0 Å². The zero-order valence-corrected chi connectivity index (χ0v) is 10.9. The first-order valence-electron chi connectivity index (χ1n) is 6.35. The highest BCUT2D eigenvalue weighted by Gasteiger charge is 2.23. The van der Waals surface area contributed by atoms with E-state index in [2.05, 4.69) is 5.32 Å². The standard InChI is InChI=1S/C14H20N2O2/c1-10(17)11-3-7-13(8-4-11)16(2)9-14(18)15-12-5-6-12/h3-4,7-8,10,12,17H,5-6,9H2,1-2H3,(H,15,18)/t10-/m0/s1. The number of likely N-dealkylation sites (N-methyl/N-ethyl adjacent to an activating group) is 1. The zero-order chi connectivity index (χ0) is 13.1. The number of nitrogens with zero attached hydrogens (tertiary/aromatic N) is 1. The van der Waals surface area contributed by atoms with E-state index >= 15 is 0 Å². The Bertz CT molecular complexity index is 410. The predicted molar refractivity (Wildman–Crippen MR) is 71.5 cm³/mol. The van der Waals surface area contributed by atoms with E-state index in [0.717, 1.165) is 24.1 Å². The quantitative estimate of drug-likeness (QED) is 0.829. The summed E-state index contributed by atoms with van der Waals surface area (Å²) >= 11 is 0. The maximum absolute atomic E-state index is 11.7. The van der Waals surface area contributed by atoms with Gasteiger partial charge in [-0.25, -0.2) is 0 Å². The van der Waals surface area contributed by atoms with Crippen LogP contribution in [0.3, 0.4) is 0 Å². The molecule has 0 aliphatic heterocycles. The fraction of sp³-hybridized carbons (Fsp3) is 0.500. The highest BCUT2D eigenvalue weighted by Crippen LogP contribution is 2.20. The van der Waals surface area contributed by atoms with E-state index in [-0.39, 0.29) is 5.91 Å². The molecule has 1 aliphatic carbocycles. The van der Waals surface area contributed by atoms with E-state index in [9.17, 15) is 9.90 Å². The molecule has 0 unspecified atom stereocenters. The smallest absolute Gasteiger partial charge is 0.239 e. The Labute approximate surface area is 108 Å². The molecule has 1 aliphatic rings. The molecule has 2 rings (SSSR count). The van der Waals surface area contributed by atoms with Crippen LogP contribution < -0.4 is 10.2 Å². The molecule has 0 radical (unpaired) electrons. The molecule has 0 bridgehead atoms. The predicted octanol–water partition coefficient (Wildman–Crippen LogP) is 1.45. The van der Waals surface area contributed by atoms with Gasteiger partial charge in [-0.15, -0.1) is 0 Å². The normalized spacial score (nSPS) is 16.2. The average molecular weight is 248 g/mol. The molecule has 1 fully saturated rings. The van der Waals surface area contributed by atoms with Crippen molar-refractivity contribution in [2.75, 3.05) is 18.5 Å². The highest BCUT2D eigenvalue weighted by atomic mass is 16.3. The van der Waals surface area contributed by atoms with Crippen molar-refractivity contribution in [2.45, 2.75) is 31.9 Å². The minimum Gasteiger partial charge on any atom is -0.389 e. The second-order valence-corrected chi connectivity index (χ2v) is 4.97. The number of anilines is 1. The minimum absolute atomic E-state index is 0.0691. The van der Waals surface area contributed by atoms with Crippen LogP contribution >= 0.6 is 0 Å². The summed E-state index contributed by atoms with van der Waals surface area (Å²) in [5.41, 5.74) is 1.86. The van der Waals surface area contributed by atoms with Crippen molar-refractivity contribution in [1.29, 1.82) is 0 Å². The van der Waals surface area contributed by atoms with Gasteiger partial charge in [0.25, 0.3) is 0 Å². The lowest BCUT2D eigenvalue weighted by atomic mass is 10.1. The van der Waals surface area contributed by atoms with E-state index < -0.39 is 6.10 Å². The van der Waals surface area contributed by atoms with Crippen LogP contribution in [0.15, 0.2) is 24.3 Å². The number of aliphatic hydroxyl groups is 1. The molecular weight excluding hydrogens is 228 g/mol. The SMILES string of the molecule is C[C@H](O)c1ccc(N(C)CC(=O)NC2CC2)cc1. The lowest BCUT2D eigenvalue weighted by molar-refractivity contribution is -0.119. The molecule has 0 saturated heterocycles. The van der Waals surface area contributed by atoms with Crippen molar-refractivity contribution in [3.05, 3.63) is 29.8 Å². The minimum atomic E-state index is -0.456. The van der Waals surface area contributed by atoms with Gasteiger partial charge in [-0.2, -0.15) is 0 Å². The summed E-state index contributed by atoms with van der Waals surface area (Å²) in [6, 6.07) is 8.02. The molecule has 1 saturated carbocycles. The van der Waals surface area contributed by atoms with E-state index in [1.54, 1.807) is 6.92 Å². The van der Waals surface area contributed by atoms with Gasteiger partial charge in [0.15, 0.2) is 0 Å². The first-order valence-corrected chi connectivity index (χ1v) is 6.35. The molecule has 0 aromatic heterocycles. The monoisotopic (exact) mass is 248 g/mol. The van der Waals surface area contributed by atoms with Gasteiger partial charge in [0.05, 0.1) is 12.6 Å². The van der Waals surface area contributed by atoms with Crippen molar-refractivity contribution < 1.29 is 9.90 Å². The van der Waals surface area contributed by atoms with Gasteiger partial charge in [-0.3, -0.25) is 4.79 Å². The molecule has 1 aromatic rings. The van der Waals surface area contributed by atoms with Crippen LogP contribution in [0, 0.1) is 0 Å². The van der Waals surface area contributed by atoms with Crippen LogP contribution in [0.2, 0.25) is 0 Å². The van der Waals surface area contributed by atoms with Crippen molar-refractivity contribution in [3.63, 3.8) is 0 Å². The van der Waals surface area contributed by atoms with Crippen molar-refractivity contribution in [2.24, 2.45) is 0 Å². The number of nitrogens with one attached hydrogen (secondary N) is 1. The summed E-state index contributed by atoms with van der Waals surface area (Å²) in [5.74, 6) is 0.0691. The van der Waals surface area contributed by atoms with Crippen LogP contribution in [-0.4, -0.2) is 30.6 Å². The van der Waals surface area contributed by atoms with Crippen LogP contribution in [0.25, 0.3) is 0 Å².